The van der Waals surface area contributed by atoms with Crippen LogP contribution in [0.3, 0.4) is 0 Å². The molecule has 0 radical (unpaired) electrons. The minimum Gasteiger partial charge on any atom is -0.383 e. The van der Waals surface area contributed by atoms with Crippen molar-refractivity contribution < 1.29 is 14.3 Å². The van der Waals surface area contributed by atoms with Gasteiger partial charge in [0.15, 0.2) is 0 Å². The highest BCUT2D eigenvalue weighted by Gasteiger charge is 2.08. The van der Waals surface area contributed by atoms with E-state index in [1.54, 1.807) is 6.92 Å². The first-order valence-corrected chi connectivity index (χ1v) is 3.52. The number of rotatable bonds is 5. The summed E-state index contributed by atoms with van der Waals surface area (Å²) in [6, 6.07) is 0. The number of carbonyl (C=O) groups is 2. The molecule has 0 aromatic carbocycles. The van der Waals surface area contributed by atoms with Crippen LogP contribution in [0.4, 0.5) is 0 Å². The molecule has 0 aliphatic carbocycles. The molecule has 0 aliphatic rings. The Morgan fingerprint density at radius 1 is 1.45 bits per heavy atom. The quantitative estimate of drug-likeness (QED) is 0.443. The summed E-state index contributed by atoms with van der Waals surface area (Å²) >= 11 is 0. The summed E-state index contributed by atoms with van der Waals surface area (Å²) in [4.78, 5) is 21.4. The van der Waals surface area contributed by atoms with Crippen LogP contribution in [0.15, 0.2) is 0 Å². The lowest BCUT2D eigenvalue weighted by Crippen LogP contribution is -2.32. The molecule has 0 rings (SSSR count). The van der Waals surface area contributed by atoms with Gasteiger partial charge in [0, 0.05) is 20.1 Å². The monoisotopic (exact) mass is 159 g/mol. The van der Waals surface area contributed by atoms with Gasteiger partial charge in [0.2, 0.25) is 5.78 Å². The van der Waals surface area contributed by atoms with E-state index in [0.717, 1.165) is 0 Å². The first-order chi connectivity index (χ1) is 5.22. The van der Waals surface area contributed by atoms with Gasteiger partial charge >= 0.3 is 0 Å². The largest absolute Gasteiger partial charge is 0.383 e. The molecule has 0 spiro atoms. The lowest BCUT2D eigenvalue weighted by Gasteiger charge is -2.00. The summed E-state index contributed by atoms with van der Waals surface area (Å²) in [6.45, 7) is 2.47. The van der Waals surface area contributed by atoms with E-state index >= 15 is 0 Å². The maximum absolute atomic E-state index is 10.7. The highest BCUT2D eigenvalue weighted by Crippen LogP contribution is 1.79. The summed E-state index contributed by atoms with van der Waals surface area (Å²) in [5, 5.41) is 2.42. The SMILES string of the molecule is CCC(=O)C(=O)NCCOC. The van der Waals surface area contributed by atoms with Crippen molar-refractivity contribution in [2.75, 3.05) is 20.3 Å². The van der Waals surface area contributed by atoms with Crippen LogP contribution in [0.2, 0.25) is 0 Å². The molecule has 0 aromatic rings. The third kappa shape index (κ3) is 4.50. The third-order valence-corrected chi connectivity index (χ3v) is 1.17. The van der Waals surface area contributed by atoms with Gasteiger partial charge in [0.05, 0.1) is 6.61 Å². The number of hydrogen-bond acceptors (Lipinski definition) is 3. The zero-order chi connectivity index (χ0) is 8.69. The average Bonchev–Trinajstić information content (AvgIpc) is 2.03. The number of amides is 1. The van der Waals surface area contributed by atoms with Crippen LogP contribution in [0.25, 0.3) is 0 Å². The number of methoxy groups -OCH3 is 1. The van der Waals surface area contributed by atoms with Crippen LogP contribution in [0, 0.1) is 0 Å². The molecule has 4 nitrogen and oxygen atoms in total. The van der Waals surface area contributed by atoms with E-state index in [9.17, 15) is 9.59 Å². The van der Waals surface area contributed by atoms with Gasteiger partial charge in [-0.15, -0.1) is 0 Å². The smallest absolute Gasteiger partial charge is 0.287 e. The fraction of sp³-hybridized carbons (Fsp3) is 0.714. The molecule has 1 N–H and O–H groups in total. The highest BCUT2D eigenvalue weighted by atomic mass is 16.5. The summed E-state index contributed by atoms with van der Waals surface area (Å²) in [5.41, 5.74) is 0. The zero-order valence-corrected chi connectivity index (χ0v) is 6.85. The van der Waals surface area contributed by atoms with Crippen LogP contribution < -0.4 is 5.32 Å². The highest BCUT2D eigenvalue weighted by molar-refractivity contribution is 6.36. The first kappa shape index (κ1) is 10.1. The van der Waals surface area contributed by atoms with Gasteiger partial charge in [0.1, 0.15) is 0 Å². The molecular weight excluding hydrogens is 146 g/mol. The van der Waals surface area contributed by atoms with Gasteiger partial charge in [-0.1, -0.05) is 6.92 Å². The van der Waals surface area contributed by atoms with Gasteiger partial charge < -0.3 is 10.1 Å². The molecule has 0 bridgehead atoms. The maximum atomic E-state index is 10.7. The molecule has 1 amide bonds. The van der Waals surface area contributed by atoms with Crippen LogP contribution in [-0.2, 0) is 14.3 Å². The van der Waals surface area contributed by atoms with E-state index in [1.165, 1.54) is 7.11 Å². The second-order valence-corrected chi connectivity index (χ2v) is 2.03. The Morgan fingerprint density at radius 3 is 2.55 bits per heavy atom. The summed E-state index contributed by atoms with van der Waals surface area (Å²) in [6.07, 6.45) is 0.249. The van der Waals surface area contributed by atoms with Crippen LogP contribution in [-0.4, -0.2) is 32.0 Å². The van der Waals surface area contributed by atoms with Crippen molar-refractivity contribution >= 4 is 11.7 Å². The van der Waals surface area contributed by atoms with Crippen molar-refractivity contribution in [3.8, 4) is 0 Å². The molecule has 0 heterocycles. The molecule has 11 heavy (non-hydrogen) atoms. The van der Waals surface area contributed by atoms with Crippen LogP contribution in [0.5, 0.6) is 0 Å². The van der Waals surface area contributed by atoms with Gasteiger partial charge in [-0.3, -0.25) is 9.59 Å². The van der Waals surface area contributed by atoms with E-state index in [1.807, 2.05) is 0 Å². The minimum absolute atomic E-state index is 0.249. The second kappa shape index (κ2) is 5.85. The number of ether oxygens (including phenoxy) is 1. The van der Waals surface area contributed by atoms with Gasteiger partial charge in [-0.2, -0.15) is 0 Å². The molecule has 0 unspecified atom stereocenters. The van der Waals surface area contributed by atoms with E-state index < -0.39 is 5.91 Å². The van der Waals surface area contributed by atoms with E-state index in [4.69, 9.17) is 0 Å². The minimum atomic E-state index is -0.524. The fourth-order valence-corrected chi connectivity index (χ4v) is 0.526. The van der Waals surface area contributed by atoms with Crippen molar-refractivity contribution in [1.82, 2.24) is 5.32 Å². The summed E-state index contributed by atoms with van der Waals surface area (Å²) < 4.78 is 4.68. The average molecular weight is 159 g/mol. The lowest BCUT2D eigenvalue weighted by atomic mass is 10.3. The molecule has 0 saturated heterocycles. The molecule has 64 valence electrons. The Morgan fingerprint density at radius 2 is 2.09 bits per heavy atom. The van der Waals surface area contributed by atoms with Gasteiger partial charge in [-0.25, -0.2) is 0 Å². The number of ketones is 1. The van der Waals surface area contributed by atoms with Crippen molar-refractivity contribution in [3.63, 3.8) is 0 Å². The van der Waals surface area contributed by atoms with E-state index in [2.05, 4.69) is 10.1 Å². The van der Waals surface area contributed by atoms with Crippen molar-refractivity contribution in [2.24, 2.45) is 0 Å². The van der Waals surface area contributed by atoms with Crippen LogP contribution >= 0.6 is 0 Å². The molecule has 0 fully saturated rings. The third-order valence-electron chi connectivity index (χ3n) is 1.17. The van der Waals surface area contributed by atoms with Gasteiger partial charge in [-0.05, 0) is 0 Å². The van der Waals surface area contributed by atoms with E-state index in [-0.39, 0.29) is 12.2 Å². The number of carbonyl (C=O) groups excluding carboxylic acids is 2. The molecule has 0 aliphatic heterocycles. The Hall–Kier alpha value is -0.900. The zero-order valence-electron chi connectivity index (χ0n) is 6.85. The number of nitrogens with one attached hydrogen (secondary N) is 1. The number of Topliss-reactive ketones (excluding diaryl/α,β-unsaturated/α-hetero) is 1. The lowest BCUT2D eigenvalue weighted by molar-refractivity contribution is -0.137. The Bertz CT molecular complexity index is 145. The summed E-state index contributed by atoms with van der Waals surface area (Å²) in [5.74, 6) is -0.911. The molecule has 0 aromatic heterocycles. The predicted octanol–water partition coefficient (Wildman–Crippen LogP) is -0.272. The normalized spacial score (nSPS) is 9.27. The van der Waals surface area contributed by atoms with Crippen molar-refractivity contribution in [2.45, 2.75) is 13.3 Å². The summed E-state index contributed by atoms with van der Waals surface area (Å²) in [7, 11) is 1.54. The van der Waals surface area contributed by atoms with E-state index in [0.29, 0.717) is 13.2 Å². The maximum Gasteiger partial charge on any atom is 0.287 e. The fourth-order valence-electron chi connectivity index (χ4n) is 0.526. The Kier molecular flexibility index (Phi) is 5.37. The molecule has 0 saturated carbocycles. The standard InChI is InChI=1S/C7H13NO3/c1-3-6(9)7(10)8-4-5-11-2/h3-5H2,1-2H3,(H,8,10). The van der Waals surface area contributed by atoms with Crippen LogP contribution in [0.1, 0.15) is 13.3 Å². The van der Waals surface area contributed by atoms with Gasteiger partial charge in [0.25, 0.3) is 5.91 Å². The molecule has 0 atom stereocenters. The van der Waals surface area contributed by atoms with Crippen molar-refractivity contribution in [3.05, 3.63) is 0 Å². The Balaban J connectivity index is 3.44. The molecule has 4 heteroatoms. The number of hydrogen-bond donors (Lipinski definition) is 1. The molecular formula is C7H13NO3. The topological polar surface area (TPSA) is 55.4 Å². The van der Waals surface area contributed by atoms with Crippen molar-refractivity contribution in [1.29, 1.82) is 0 Å². The first-order valence-electron chi connectivity index (χ1n) is 3.52. The predicted molar refractivity (Wildman–Crippen MR) is 40.2 cm³/mol. The Labute approximate surface area is 65.9 Å². The second-order valence-electron chi connectivity index (χ2n) is 2.03.